The summed E-state index contributed by atoms with van der Waals surface area (Å²) in [6.45, 7) is 2.97. The normalized spacial score (nSPS) is 33.1. The van der Waals surface area contributed by atoms with E-state index in [0.717, 1.165) is 41.4 Å². The molecular weight excluding hydrogens is 320 g/mol. The molecule has 4 heteroatoms. The summed E-state index contributed by atoms with van der Waals surface area (Å²) in [5.74, 6) is 0.990. The van der Waals surface area contributed by atoms with E-state index in [1.165, 1.54) is 5.56 Å². The molecule has 3 nitrogen and oxygen atoms in total. The van der Waals surface area contributed by atoms with Crippen molar-refractivity contribution in [1.82, 2.24) is 0 Å². The van der Waals surface area contributed by atoms with E-state index in [1.54, 1.807) is 0 Å². The fourth-order valence-electron chi connectivity index (χ4n) is 5.60. The van der Waals surface area contributed by atoms with Crippen molar-refractivity contribution in [3.05, 3.63) is 35.9 Å². The number of benzene rings is 2. The summed E-state index contributed by atoms with van der Waals surface area (Å²) < 4.78 is 0. The Balaban J connectivity index is 1.64. The summed E-state index contributed by atoms with van der Waals surface area (Å²) in [7, 11) is 0. The van der Waals surface area contributed by atoms with E-state index >= 15 is 0 Å². The number of amides is 1. The van der Waals surface area contributed by atoms with Crippen LogP contribution in [0.4, 0.5) is 11.4 Å². The maximum atomic E-state index is 13.2. The van der Waals surface area contributed by atoms with Crippen molar-refractivity contribution < 1.29 is 4.79 Å². The molecule has 3 saturated carbocycles. The van der Waals surface area contributed by atoms with Crippen LogP contribution in [-0.2, 0) is 4.79 Å². The van der Waals surface area contributed by atoms with E-state index in [-0.39, 0.29) is 17.2 Å². The van der Waals surface area contributed by atoms with Crippen molar-refractivity contribution in [3.8, 4) is 0 Å². The van der Waals surface area contributed by atoms with Crippen LogP contribution in [0.25, 0.3) is 10.8 Å². The number of rotatable bonds is 2. The van der Waals surface area contributed by atoms with Crippen LogP contribution >= 0.6 is 11.6 Å². The molecule has 4 aliphatic rings. The molecule has 2 aromatic carbocycles. The van der Waals surface area contributed by atoms with E-state index in [0.29, 0.717) is 17.8 Å². The Labute approximate surface area is 146 Å². The SMILES string of the molecule is CC12CC(C(=O)N3CC(CCl)c4c3cc(N)c3ccccc43)(C1)C2. The number of hydrogen-bond acceptors (Lipinski definition) is 2. The summed E-state index contributed by atoms with van der Waals surface area (Å²) >= 11 is 6.27. The fraction of sp³-hybridized carbons (Fsp3) is 0.450. The minimum atomic E-state index is -0.104. The van der Waals surface area contributed by atoms with E-state index < -0.39 is 0 Å². The van der Waals surface area contributed by atoms with Gasteiger partial charge in [-0.05, 0) is 41.7 Å². The first-order valence-electron chi connectivity index (χ1n) is 8.65. The number of alkyl halides is 1. The molecule has 2 aromatic rings. The molecule has 24 heavy (non-hydrogen) atoms. The molecule has 1 heterocycles. The average molecular weight is 341 g/mol. The number of nitrogens with zero attached hydrogens (tertiary/aromatic N) is 1. The second kappa shape index (κ2) is 4.45. The fourth-order valence-corrected chi connectivity index (χ4v) is 5.85. The number of carbonyl (C=O) groups is 1. The van der Waals surface area contributed by atoms with Gasteiger partial charge in [0.25, 0.3) is 0 Å². The van der Waals surface area contributed by atoms with Crippen LogP contribution in [0.15, 0.2) is 30.3 Å². The Morgan fingerprint density at radius 2 is 1.96 bits per heavy atom. The lowest BCUT2D eigenvalue weighted by atomic mass is 9.35. The van der Waals surface area contributed by atoms with E-state index in [9.17, 15) is 4.79 Å². The number of fused-ring (bicyclic) bond motifs is 3. The number of hydrogen-bond donors (Lipinski definition) is 1. The van der Waals surface area contributed by atoms with Gasteiger partial charge in [0, 0.05) is 35.1 Å². The lowest BCUT2D eigenvalue weighted by Gasteiger charge is -2.68. The first-order chi connectivity index (χ1) is 11.5. The third-order valence-corrected chi connectivity index (χ3v) is 6.75. The van der Waals surface area contributed by atoms with Crippen LogP contribution in [0.5, 0.6) is 0 Å². The highest BCUT2D eigenvalue weighted by Crippen LogP contribution is 2.74. The summed E-state index contributed by atoms with van der Waals surface area (Å²) in [6, 6.07) is 10.2. The molecule has 1 amide bonds. The Kier molecular flexibility index (Phi) is 2.71. The minimum Gasteiger partial charge on any atom is -0.398 e. The third kappa shape index (κ3) is 1.66. The van der Waals surface area contributed by atoms with Crippen LogP contribution < -0.4 is 10.6 Å². The van der Waals surface area contributed by atoms with Crippen LogP contribution in [-0.4, -0.2) is 18.3 Å². The average Bonchev–Trinajstić information content (AvgIpc) is 2.89. The first-order valence-corrected chi connectivity index (χ1v) is 9.19. The zero-order valence-electron chi connectivity index (χ0n) is 13.8. The predicted octanol–water partition coefficient (Wildman–Crippen LogP) is 4.28. The molecule has 3 fully saturated rings. The zero-order valence-corrected chi connectivity index (χ0v) is 14.6. The smallest absolute Gasteiger partial charge is 0.233 e. The number of anilines is 2. The van der Waals surface area contributed by atoms with Gasteiger partial charge >= 0.3 is 0 Å². The van der Waals surface area contributed by atoms with Gasteiger partial charge in [-0.15, -0.1) is 11.6 Å². The van der Waals surface area contributed by atoms with Gasteiger partial charge in [-0.3, -0.25) is 4.79 Å². The lowest BCUT2D eigenvalue weighted by Crippen LogP contribution is -2.66. The van der Waals surface area contributed by atoms with Gasteiger partial charge in [0.15, 0.2) is 0 Å². The van der Waals surface area contributed by atoms with Crippen molar-refractivity contribution in [2.24, 2.45) is 10.8 Å². The number of nitrogen functional groups attached to an aromatic ring is 1. The molecule has 0 spiro atoms. The molecule has 124 valence electrons. The number of halogens is 1. The van der Waals surface area contributed by atoms with Gasteiger partial charge in [0.2, 0.25) is 5.91 Å². The highest BCUT2D eigenvalue weighted by molar-refractivity contribution is 6.19. The molecule has 1 atom stereocenters. The number of carbonyl (C=O) groups excluding carboxylic acids is 1. The van der Waals surface area contributed by atoms with Gasteiger partial charge in [-0.1, -0.05) is 31.2 Å². The van der Waals surface area contributed by atoms with Gasteiger partial charge in [-0.25, -0.2) is 0 Å². The zero-order chi connectivity index (χ0) is 16.7. The van der Waals surface area contributed by atoms with Gasteiger partial charge in [0.1, 0.15) is 0 Å². The Bertz CT molecular complexity index is 871. The summed E-state index contributed by atoms with van der Waals surface area (Å²) in [6.07, 6.45) is 3.12. The van der Waals surface area contributed by atoms with Crippen LogP contribution in [0.3, 0.4) is 0 Å². The minimum absolute atomic E-state index is 0.104. The molecule has 3 aliphatic carbocycles. The predicted molar refractivity (Wildman–Crippen MR) is 98.6 cm³/mol. The second-order valence-corrected chi connectivity index (χ2v) is 8.64. The standard InChI is InChI=1S/C20H21ClN2O/c1-19-9-20(10-19,11-19)18(24)23-8-12(7-21)17-14-5-3-2-4-13(14)15(22)6-16(17)23/h2-6,12H,7-11,22H2,1H3. The third-order valence-electron chi connectivity index (χ3n) is 6.38. The van der Waals surface area contributed by atoms with Crippen molar-refractivity contribution in [3.63, 3.8) is 0 Å². The maximum absolute atomic E-state index is 13.2. The summed E-state index contributed by atoms with van der Waals surface area (Å²) in [5, 5.41) is 2.19. The Morgan fingerprint density at radius 3 is 2.58 bits per heavy atom. The van der Waals surface area contributed by atoms with Gasteiger partial charge in [0.05, 0.1) is 5.41 Å². The quantitative estimate of drug-likeness (QED) is 0.655. The molecule has 1 unspecified atom stereocenters. The van der Waals surface area contributed by atoms with Crippen molar-refractivity contribution in [2.45, 2.75) is 32.1 Å². The monoisotopic (exact) mass is 340 g/mol. The van der Waals surface area contributed by atoms with Crippen LogP contribution in [0.2, 0.25) is 0 Å². The molecular formula is C20H21ClN2O. The maximum Gasteiger partial charge on any atom is 0.233 e. The number of nitrogens with two attached hydrogens (primary N) is 1. The molecule has 0 aromatic heterocycles. The molecule has 6 rings (SSSR count). The summed E-state index contributed by atoms with van der Waals surface area (Å²) in [5.41, 5.74) is 9.53. The molecule has 2 bridgehead atoms. The topological polar surface area (TPSA) is 46.3 Å². The van der Waals surface area contributed by atoms with E-state index in [4.69, 9.17) is 17.3 Å². The largest absolute Gasteiger partial charge is 0.398 e. The highest BCUT2D eigenvalue weighted by Gasteiger charge is 2.70. The van der Waals surface area contributed by atoms with Crippen LogP contribution in [0, 0.1) is 10.8 Å². The highest BCUT2D eigenvalue weighted by atomic mass is 35.5. The molecule has 0 saturated heterocycles. The Morgan fingerprint density at radius 1 is 1.29 bits per heavy atom. The lowest BCUT2D eigenvalue weighted by molar-refractivity contribution is -0.196. The van der Waals surface area contributed by atoms with E-state index in [2.05, 4.69) is 13.0 Å². The molecule has 0 radical (unpaired) electrons. The van der Waals surface area contributed by atoms with Crippen molar-refractivity contribution >= 4 is 39.7 Å². The summed E-state index contributed by atoms with van der Waals surface area (Å²) in [4.78, 5) is 15.2. The van der Waals surface area contributed by atoms with Crippen molar-refractivity contribution in [2.75, 3.05) is 23.1 Å². The van der Waals surface area contributed by atoms with E-state index in [1.807, 2.05) is 29.2 Å². The molecule has 2 N–H and O–H groups in total. The van der Waals surface area contributed by atoms with Crippen molar-refractivity contribution in [1.29, 1.82) is 0 Å². The van der Waals surface area contributed by atoms with Gasteiger partial charge < -0.3 is 10.6 Å². The van der Waals surface area contributed by atoms with Crippen LogP contribution in [0.1, 0.15) is 37.7 Å². The first kappa shape index (κ1) is 14.6. The van der Waals surface area contributed by atoms with Gasteiger partial charge in [-0.2, -0.15) is 0 Å². The Hall–Kier alpha value is -1.74. The molecule has 1 aliphatic heterocycles. The second-order valence-electron chi connectivity index (χ2n) is 8.33.